The van der Waals surface area contributed by atoms with Gasteiger partial charge in [0, 0.05) is 4.87 Å². The van der Waals surface area contributed by atoms with Gasteiger partial charge in [0.15, 0.2) is 0 Å². The summed E-state index contributed by atoms with van der Waals surface area (Å²) in [5.74, 6) is 0. The maximum absolute atomic E-state index is 6.02. The summed E-state index contributed by atoms with van der Waals surface area (Å²) in [7, 11) is 0. The molecule has 50 valence electrons. The summed E-state index contributed by atoms with van der Waals surface area (Å²) in [5, 5.41) is 0. The molecule has 0 radical (unpaired) electrons. The summed E-state index contributed by atoms with van der Waals surface area (Å²) >= 11 is 6.02. The van der Waals surface area contributed by atoms with E-state index in [1.54, 1.807) is 0 Å². The zero-order valence-corrected chi connectivity index (χ0v) is 6.76. The van der Waals surface area contributed by atoms with Crippen LogP contribution in [0.4, 0.5) is 0 Å². The second-order valence-electron chi connectivity index (χ2n) is 2.52. The van der Waals surface area contributed by atoms with E-state index in [0.29, 0.717) is 0 Å². The van der Waals surface area contributed by atoms with E-state index < -0.39 is 0 Å². The lowest BCUT2D eigenvalue weighted by atomic mass is 10.0. The highest BCUT2D eigenvalue weighted by Crippen LogP contribution is 2.23. The quantitative estimate of drug-likeness (QED) is 0.520. The van der Waals surface area contributed by atoms with Crippen LogP contribution in [0.1, 0.15) is 40.0 Å². The SMILES string of the molecule is CCC[C@](C)(Cl)CC. The van der Waals surface area contributed by atoms with Crippen molar-refractivity contribution in [2.75, 3.05) is 0 Å². The van der Waals surface area contributed by atoms with Crippen LogP contribution in [0.5, 0.6) is 0 Å². The van der Waals surface area contributed by atoms with Crippen molar-refractivity contribution in [3.63, 3.8) is 0 Å². The van der Waals surface area contributed by atoms with Gasteiger partial charge in [-0.25, -0.2) is 0 Å². The Kier molecular flexibility index (Phi) is 3.46. The molecule has 0 bridgehead atoms. The molecule has 0 aliphatic rings. The average molecular weight is 135 g/mol. The number of alkyl halides is 1. The third-order valence-electron chi connectivity index (χ3n) is 1.51. The molecule has 0 aliphatic carbocycles. The maximum Gasteiger partial charge on any atom is 0.0416 e. The molecule has 0 aromatic heterocycles. The Labute approximate surface area is 57.2 Å². The third-order valence-corrected chi connectivity index (χ3v) is 1.96. The van der Waals surface area contributed by atoms with Gasteiger partial charge in [-0.15, -0.1) is 11.6 Å². The van der Waals surface area contributed by atoms with Crippen molar-refractivity contribution >= 4 is 11.6 Å². The number of halogens is 1. The average Bonchev–Trinajstić information content (AvgIpc) is 1.67. The first-order valence-corrected chi connectivity index (χ1v) is 3.69. The molecule has 8 heavy (non-hydrogen) atoms. The molecule has 0 aromatic carbocycles. The van der Waals surface area contributed by atoms with Crippen LogP contribution in [0.25, 0.3) is 0 Å². The molecule has 0 unspecified atom stereocenters. The third kappa shape index (κ3) is 3.31. The fourth-order valence-electron chi connectivity index (χ4n) is 0.698. The minimum Gasteiger partial charge on any atom is -0.120 e. The molecule has 0 amide bonds. The van der Waals surface area contributed by atoms with E-state index in [1.165, 1.54) is 6.42 Å². The van der Waals surface area contributed by atoms with Crippen LogP contribution < -0.4 is 0 Å². The van der Waals surface area contributed by atoms with E-state index in [2.05, 4.69) is 20.8 Å². The van der Waals surface area contributed by atoms with Gasteiger partial charge < -0.3 is 0 Å². The molecular formula is C7H15Cl. The van der Waals surface area contributed by atoms with Crippen LogP contribution in [0, 0.1) is 0 Å². The fraction of sp³-hybridized carbons (Fsp3) is 1.00. The van der Waals surface area contributed by atoms with Crippen molar-refractivity contribution in [2.24, 2.45) is 0 Å². The molecular weight excluding hydrogens is 120 g/mol. The van der Waals surface area contributed by atoms with Crippen LogP contribution >= 0.6 is 11.6 Å². The van der Waals surface area contributed by atoms with E-state index >= 15 is 0 Å². The number of hydrogen-bond donors (Lipinski definition) is 0. The Morgan fingerprint density at radius 1 is 1.38 bits per heavy atom. The predicted octanol–water partition coefficient (Wildman–Crippen LogP) is 3.19. The van der Waals surface area contributed by atoms with E-state index in [4.69, 9.17) is 11.6 Å². The fourth-order valence-corrected chi connectivity index (χ4v) is 0.887. The van der Waals surface area contributed by atoms with Crippen molar-refractivity contribution in [3.05, 3.63) is 0 Å². The molecule has 0 heterocycles. The van der Waals surface area contributed by atoms with Crippen LogP contribution in [0.3, 0.4) is 0 Å². The molecule has 1 heteroatoms. The van der Waals surface area contributed by atoms with Crippen molar-refractivity contribution < 1.29 is 0 Å². The topological polar surface area (TPSA) is 0 Å². The molecule has 0 fully saturated rings. The molecule has 0 aromatic rings. The smallest absolute Gasteiger partial charge is 0.0416 e. The number of rotatable bonds is 3. The van der Waals surface area contributed by atoms with Gasteiger partial charge in [-0.2, -0.15) is 0 Å². The van der Waals surface area contributed by atoms with E-state index in [9.17, 15) is 0 Å². The van der Waals surface area contributed by atoms with E-state index in [1.807, 2.05) is 0 Å². The van der Waals surface area contributed by atoms with E-state index in [-0.39, 0.29) is 4.87 Å². The van der Waals surface area contributed by atoms with Crippen LogP contribution in [0.2, 0.25) is 0 Å². The number of hydrogen-bond acceptors (Lipinski definition) is 0. The molecule has 0 nitrogen and oxygen atoms in total. The lowest BCUT2D eigenvalue weighted by molar-refractivity contribution is 0.548. The van der Waals surface area contributed by atoms with Gasteiger partial charge in [0.05, 0.1) is 0 Å². The van der Waals surface area contributed by atoms with Gasteiger partial charge in [0.2, 0.25) is 0 Å². The molecule has 0 saturated heterocycles. The standard InChI is InChI=1S/C7H15Cl/c1-4-6-7(3,8)5-2/h4-6H2,1-3H3/t7-/m1/s1. The molecule has 1 atom stereocenters. The Morgan fingerprint density at radius 3 is 2.00 bits per heavy atom. The zero-order chi connectivity index (χ0) is 6.62. The van der Waals surface area contributed by atoms with Crippen molar-refractivity contribution in [2.45, 2.75) is 44.9 Å². The predicted molar refractivity (Wildman–Crippen MR) is 39.5 cm³/mol. The van der Waals surface area contributed by atoms with Crippen LogP contribution in [-0.2, 0) is 0 Å². The molecule has 0 rings (SSSR count). The lowest BCUT2D eigenvalue weighted by Crippen LogP contribution is -2.13. The lowest BCUT2D eigenvalue weighted by Gasteiger charge is -2.17. The highest BCUT2D eigenvalue weighted by molar-refractivity contribution is 6.23. The van der Waals surface area contributed by atoms with Crippen molar-refractivity contribution in [1.29, 1.82) is 0 Å². The highest BCUT2D eigenvalue weighted by atomic mass is 35.5. The Bertz CT molecular complexity index is 57.4. The van der Waals surface area contributed by atoms with Gasteiger partial charge >= 0.3 is 0 Å². The monoisotopic (exact) mass is 134 g/mol. The van der Waals surface area contributed by atoms with Gasteiger partial charge in [-0.05, 0) is 19.8 Å². The summed E-state index contributed by atoms with van der Waals surface area (Å²) < 4.78 is 0. The van der Waals surface area contributed by atoms with Crippen molar-refractivity contribution in [3.8, 4) is 0 Å². The minimum atomic E-state index is 0.0642. The zero-order valence-electron chi connectivity index (χ0n) is 6.00. The second kappa shape index (κ2) is 3.34. The first-order chi connectivity index (χ1) is 3.62. The summed E-state index contributed by atoms with van der Waals surface area (Å²) in [6.07, 6.45) is 3.39. The second-order valence-corrected chi connectivity index (χ2v) is 3.43. The maximum atomic E-state index is 6.02. The summed E-state index contributed by atoms with van der Waals surface area (Å²) in [5.41, 5.74) is 0. The van der Waals surface area contributed by atoms with E-state index in [0.717, 1.165) is 12.8 Å². The highest BCUT2D eigenvalue weighted by Gasteiger charge is 2.15. The first kappa shape index (κ1) is 8.29. The molecule has 0 spiro atoms. The Hall–Kier alpha value is 0.290. The molecule has 0 aliphatic heterocycles. The molecule has 0 N–H and O–H groups in total. The van der Waals surface area contributed by atoms with Gasteiger partial charge in [-0.3, -0.25) is 0 Å². The van der Waals surface area contributed by atoms with Crippen LogP contribution in [-0.4, -0.2) is 4.87 Å². The van der Waals surface area contributed by atoms with Crippen LogP contribution in [0.15, 0.2) is 0 Å². The summed E-state index contributed by atoms with van der Waals surface area (Å²) in [6.45, 7) is 6.39. The first-order valence-electron chi connectivity index (χ1n) is 3.31. The normalized spacial score (nSPS) is 18.0. The van der Waals surface area contributed by atoms with Crippen molar-refractivity contribution in [1.82, 2.24) is 0 Å². The van der Waals surface area contributed by atoms with Gasteiger partial charge in [-0.1, -0.05) is 20.3 Å². The van der Waals surface area contributed by atoms with Gasteiger partial charge in [0.1, 0.15) is 0 Å². The Morgan fingerprint density at radius 2 is 1.88 bits per heavy atom. The largest absolute Gasteiger partial charge is 0.120 e. The minimum absolute atomic E-state index is 0.0642. The molecule has 0 saturated carbocycles. The summed E-state index contributed by atoms with van der Waals surface area (Å²) in [6, 6.07) is 0. The van der Waals surface area contributed by atoms with Gasteiger partial charge in [0.25, 0.3) is 0 Å². The summed E-state index contributed by atoms with van der Waals surface area (Å²) in [4.78, 5) is 0.0642. The Balaban J connectivity index is 3.37.